The highest BCUT2D eigenvalue weighted by atomic mass is 14.7. The predicted molar refractivity (Wildman–Crippen MR) is 55.9 cm³/mol. The molecule has 0 aliphatic carbocycles. The molecular formula is C12H7N2. The molecule has 0 unspecified atom stereocenters. The van der Waals surface area contributed by atoms with Gasteiger partial charge in [0.25, 0.3) is 0 Å². The van der Waals surface area contributed by atoms with Crippen molar-refractivity contribution >= 4 is 21.8 Å². The van der Waals surface area contributed by atoms with E-state index in [2.05, 4.69) is 22.1 Å². The highest BCUT2D eigenvalue weighted by Crippen LogP contribution is 2.20. The summed E-state index contributed by atoms with van der Waals surface area (Å²) in [7, 11) is 0. The molecule has 0 fully saturated rings. The van der Waals surface area contributed by atoms with Crippen LogP contribution in [0.25, 0.3) is 21.8 Å². The minimum absolute atomic E-state index is 0.896. The van der Waals surface area contributed by atoms with Crippen LogP contribution in [0.15, 0.2) is 42.7 Å². The molecule has 0 N–H and O–H groups in total. The molecule has 2 nitrogen and oxygen atoms in total. The lowest BCUT2D eigenvalue weighted by Crippen LogP contribution is -1.82. The summed E-state index contributed by atoms with van der Waals surface area (Å²) in [4.78, 5) is 8.52. The molecule has 2 heteroatoms. The lowest BCUT2D eigenvalue weighted by molar-refractivity contribution is 1.39. The summed E-state index contributed by atoms with van der Waals surface area (Å²) < 4.78 is 0. The number of pyridine rings is 2. The van der Waals surface area contributed by atoms with Crippen molar-refractivity contribution in [3.05, 3.63) is 48.8 Å². The van der Waals surface area contributed by atoms with Crippen molar-refractivity contribution < 1.29 is 0 Å². The number of hydrogen-bond acceptors (Lipinski definition) is 2. The second kappa shape index (κ2) is 2.77. The van der Waals surface area contributed by atoms with Gasteiger partial charge in [-0.1, -0.05) is 12.1 Å². The largest absolute Gasteiger partial charge is 0.256 e. The molecule has 3 aromatic rings. The van der Waals surface area contributed by atoms with Gasteiger partial charge in [-0.05, 0) is 18.2 Å². The molecule has 0 aliphatic rings. The van der Waals surface area contributed by atoms with Crippen LogP contribution in [0.5, 0.6) is 0 Å². The Morgan fingerprint density at radius 2 is 1.71 bits per heavy atom. The van der Waals surface area contributed by atoms with Gasteiger partial charge in [0.05, 0.1) is 11.0 Å². The van der Waals surface area contributed by atoms with Gasteiger partial charge in [0.2, 0.25) is 0 Å². The van der Waals surface area contributed by atoms with Gasteiger partial charge in [0.15, 0.2) is 0 Å². The van der Waals surface area contributed by atoms with Gasteiger partial charge in [-0.25, -0.2) is 0 Å². The van der Waals surface area contributed by atoms with E-state index in [-0.39, 0.29) is 0 Å². The van der Waals surface area contributed by atoms with Gasteiger partial charge in [0, 0.05) is 29.2 Å². The van der Waals surface area contributed by atoms with Gasteiger partial charge in [-0.15, -0.1) is 0 Å². The van der Waals surface area contributed by atoms with Crippen molar-refractivity contribution in [3.8, 4) is 0 Å². The Hall–Kier alpha value is -1.96. The molecule has 1 aromatic carbocycles. The third-order valence-electron chi connectivity index (χ3n) is 2.28. The van der Waals surface area contributed by atoms with E-state index in [0.717, 1.165) is 21.8 Å². The van der Waals surface area contributed by atoms with E-state index in [1.165, 1.54) is 0 Å². The lowest BCUT2D eigenvalue weighted by atomic mass is 10.1. The van der Waals surface area contributed by atoms with Gasteiger partial charge >= 0.3 is 0 Å². The Bertz CT molecular complexity index is 547. The first-order valence-corrected chi connectivity index (χ1v) is 4.45. The second-order valence-electron chi connectivity index (χ2n) is 3.12. The smallest absolute Gasteiger partial charge is 0.0788 e. The average Bonchev–Trinajstić information content (AvgIpc) is 2.29. The quantitative estimate of drug-likeness (QED) is 0.496. The number of nitrogens with zero attached hydrogens (tertiary/aromatic N) is 2. The van der Waals surface area contributed by atoms with Crippen LogP contribution in [0.2, 0.25) is 0 Å². The molecule has 1 radical (unpaired) electrons. The summed E-state index contributed by atoms with van der Waals surface area (Å²) in [6.07, 6.45) is 3.57. The summed E-state index contributed by atoms with van der Waals surface area (Å²) >= 11 is 0. The zero-order valence-electron chi connectivity index (χ0n) is 7.44. The van der Waals surface area contributed by atoms with E-state index in [1.807, 2.05) is 24.3 Å². The Kier molecular flexibility index (Phi) is 1.47. The number of aromatic nitrogens is 2. The van der Waals surface area contributed by atoms with Crippen molar-refractivity contribution in [2.45, 2.75) is 0 Å². The minimum atomic E-state index is 0.896. The van der Waals surface area contributed by atoms with E-state index >= 15 is 0 Å². The number of benzene rings is 1. The van der Waals surface area contributed by atoms with Crippen molar-refractivity contribution in [2.24, 2.45) is 0 Å². The third kappa shape index (κ3) is 0.973. The molecule has 0 spiro atoms. The predicted octanol–water partition coefficient (Wildman–Crippen LogP) is 2.58. The van der Waals surface area contributed by atoms with Crippen LogP contribution in [0.4, 0.5) is 0 Å². The maximum atomic E-state index is 4.27. The van der Waals surface area contributed by atoms with Crippen LogP contribution < -0.4 is 0 Å². The normalized spacial score (nSPS) is 10.9. The molecule has 0 bridgehead atoms. The first kappa shape index (κ1) is 7.44. The van der Waals surface area contributed by atoms with Crippen molar-refractivity contribution in [2.75, 3.05) is 0 Å². The maximum absolute atomic E-state index is 4.27. The molecule has 0 saturated carbocycles. The van der Waals surface area contributed by atoms with Crippen LogP contribution in [0.1, 0.15) is 0 Å². The number of rotatable bonds is 0. The fourth-order valence-electron chi connectivity index (χ4n) is 1.63. The van der Waals surface area contributed by atoms with Crippen molar-refractivity contribution in [1.82, 2.24) is 9.97 Å². The van der Waals surface area contributed by atoms with E-state index in [1.54, 1.807) is 12.4 Å². The van der Waals surface area contributed by atoms with Crippen LogP contribution in [0, 0.1) is 6.07 Å². The average molecular weight is 179 g/mol. The Morgan fingerprint density at radius 3 is 2.64 bits per heavy atom. The van der Waals surface area contributed by atoms with E-state index in [9.17, 15) is 0 Å². The SMILES string of the molecule is [c]1cc2ncccc2c2cccnc12. The fourth-order valence-corrected chi connectivity index (χ4v) is 1.63. The number of hydrogen-bond donors (Lipinski definition) is 0. The lowest BCUT2D eigenvalue weighted by Gasteiger charge is -2.00. The Balaban J connectivity index is 2.61. The molecule has 2 aromatic heterocycles. The molecule has 65 valence electrons. The molecule has 0 aliphatic heterocycles. The van der Waals surface area contributed by atoms with E-state index < -0.39 is 0 Å². The molecule has 0 amide bonds. The molecular weight excluding hydrogens is 172 g/mol. The molecule has 0 saturated heterocycles. The van der Waals surface area contributed by atoms with Crippen LogP contribution in [-0.4, -0.2) is 9.97 Å². The standard InChI is InChI=1S/C12H7N2/c1-3-9-10-4-2-8-14-12(10)6-5-11(9)13-7-1/h1-5,7-8H. The summed E-state index contributed by atoms with van der Waals surface area (Å²) in [6.45, 7) is 0. The minimum Gasteiger partial charge on any atom is -0.256 e. The van der Waals surface area contributed by atoms with Gasteiger partial charge < -0.3 is 0 Å². The van der Waals surface area contributed by atoms with Crippen LogP contribution in [0.3, 0.4) is 0 Å². The summed E-state index contributed by atoms with van der Waals surface area (Å²) in [6, 6.07) is 13.0. The topological polar surface area (TPSA) is 25.8 Å². The monoisotopic (exact) mass is 179 g/mol. The van der Waals surface area contributed by atoms with Gasteiger partial charge in [-0.2, -0.15) is 0 Å². The Morgan fingerprint density at radius 1 is 0.929 bits per heavy atom. The molecule has 2 heterocycles. The van der Waals surface area contributed by atoms with Gasteiger partial charge in [0.1, 0.15) is 0 Å². The molecule has 3 rings (SSSR count). The van der Waals surface area contributed by atoms with Crippen molar-refractivity contribution in [1.29, 1.82) is 0 Å². The third-order valence-corrected chi connectivity index (χ3v) is 2.28. The highest BCUT2D eigenvalue weighted by Gasteiger charge is 1.99. The van der Waals surface area contributed by atoms with Crippen LogP contribution >= 0.6 is 0 Å². The zero-order valence-corrected chi connectivity index (χ0v) is 7.44. The van der Waals surface area contributed by atoms with Gasteiger partial charge in [-0.3, -0.25) is 9.97 Å². The first-order chi connectivity index (χ1) is 6.95. The fraction of sp³-hybridized carbons (Fsp3) is 0. The summed E-state index contributed by atoms with van der Waals surface area (Å²) in [5, 5.41) is 2.24. The zero-order chi connectivity index (χ0) is 9.38. The van der Waals surface area contributed by atoms with E-state index in [4.69, 9.17) is 0 Å². The second-order valence-corrected chi connectivity index (χ2v) is 3.12. The van der Waals surface area contributed by atoms with Crippen molar-refractivity contribution in [3.63, 3.8) is 0 Å². The first-order valence-electron chi connectivity index (χ1n) is 4.45. The maximum Gasteiger partial charge on any atom is 0.0788 e. The van der Waals surface area contributed by atoms with E-state index in [0.29, 0.717) is 0 Å². The number of fused-ring (bicyclic) bond motifs is 3. The molecule has 14 heavy (non-hydrogen) atoms. The Labute approximate surface area is 81.2 Å². The summed E-state index contributed by atoms with van der Waals surface area (Å²) in [5.41, 5.74) is 1.86. The summed E-state index contributed by atoms with van der Waals surface area (Å²) in [5.74, 6) is 0. The highest BCUT2D eigenvalue weighted by molar-refractivity contribution is 6.04. The molecule has 0 atom stereocenters. The van der Waals surface area contributed by atoms with Crippen LogP contribution in [-0.2, 0) is 0 Å².